The van der Waals surface area contributed by atoms with E-state index < -0.39 is 0 Å². The highest BCUT2D eigenvalue weighted by atomic mass is 32.2. The van der Waals surface area contributed by atoms with E-state index >= 15 is 0 Å². The van der Waals surface area contributed by atoms with Crippen molar-refractivity contribution in [1.82, 2.24) is 5.32 Å². The van der Waals surface area contributed by atoms with Crippen molar-refractivity contribution in [3.8, 4) is 0 Å². The first kappa shape index (κ1) is 12.0. The van der Waals surface area contributed by atoms with Gasteiger partial charge in [-0.1, -0.05) is 25.1 Å². The van der Waals surface area contributed by atoms with Gasteiger partial charge in [-0.3, -0.25) is 0 Å². The lowest BCUT2D eigenvalue weighted by Gasteiger charge is -2.15. The third-order valence-electron chi connectivity index (χ3n) is 3.27. The molecule has 1 heterocycles. The molecule has 0 bridgehead atoms. The third kappa shape index (κ3) is 3.02. The Balaban J connectivity index is 1.82. The second kappa shape index (κ2) is 5.74. The Labute approximate surface area is 103 Å². The predicted molar refractivity (Wildman–Crippen MR) is 72.1 cm³/mol. The normalized spacial score (nSPS) is 20.8. The van der Waals surface area contributed by atoms with Crippen molar-refractivity contribution < 1.29 is 0 Å². The lowest BCUT2D eigenvalue weighted by Crippen LogP contribution is -2.14. The van der Waals surface area contributed by atoms with Crippen molar-refractivity contribution >= 4 is 11.8 Å². The largest absolute Gasteiger partial charge is 0.320 e. The van der Waals surface area contributed by atoms with Crippen LogP contribution in [0.1, 0.15) is 25.3 Å². The predicted octanol–water partition coefficient (Wildman–Crippen LogP) is 3.34. The summed E-state index contributed by atoms with van der Waals surface area (Å²) in [4.78, 5) is 1.51. The summed E-state index contributed by atoms with van der Waals surface area (Å²) in [5.74, 6) is 0.833. The number of rotatable bonds is 5. The van der Waals surface area contributed by atoms with E-state index in [2.05, 4.69) is 48.3 Å². The molecule has 0 fully saturated rings. The topological polar surface area (TPSA) is 12.0 Å². The van der Waals surface area contributed by atoms with E-state index in [4.69, 9.17) is 0 Å². The Morgan fingerprint density at radius 1 is 1.44 bits per heavy atom. The smallest absolute Gasteiger partial charge is 0.0138 e. The van der Waals surface area contributed by atoms with E-state index in [0.29, 0.717) is 0 Å². The highest BCUT2D eigenvalue weighted by Gasteiger charge is 2.22. The minimum atomic E-state index is 0.809. The quantitative estimate of drug-likeness (QED) is 0.840. The van der Waals surface area contributed by atoms with Gasteiger partial charge in [0, 0.05) is 10.1 Å². The van der Waals surface area contributed by atoms with E-state index in [0.717, 1.165) is 17.7 Å². The van der Waals surface area contributed by atoms with Crippen molar-refractivity contribution in [2.24, 2.45) is 5.92 Å². The fraction of sp³-hybridized carbons (Fsp3) is 0.571. The van der Waals surface area contributed by atoms with Gasteiger partial charge in [0.1, 0.15) is 0 Å². The van der Waals surface area contributed by atoms with Crippen LogP contribution in [0.3, 0.4) is 0 Å². The van der Waals surface area contributed by atoms with Crippen molar-refractivity contribution in [3.63, 3.8) is 0 Å². The second-order valence-electron chi connectivity index (χ2n) is 4.78. The second-order valence-corrected chi connectivity index (χ2v) is 6.13. The molecule has 2 rings (SSSR count). The van der Waals surface area contributed by atoms with Crippen LogP contribution in [0.5, 0.6) is 0 Å². The van der Waals surface area contributed by atoms with Crippen molar-refractivity contribution in [1.29, 1.82) is 0 Å². The summed E-state index contributed by atoms with van der Waals surface area (Å²) in [6, 6.07) is 8.85. The summed E-state index contributed by atoms with van der Waals surface area (Å²) in [6.07, 6.45) is 3.91. The van der Waals surface area contributed by atoms with E-state index in [1.807, 2.05) is 7.05 Å². The molecule has 0 radical (unpaired) electrons. The molecule has 16 heavy (non-hydrogen) atoms. The number of fused-ring (bicyclic) bond motifs is 1. The number of hydrogen-bond donors (Lipinski definition) is 1. The maximum atomic E-state index is 3.23. The van der Waals surface area contributed by atoms with Crippen molar-refractivity contribution in [3.05, 3.63) is 29.8 Å². The van der Waals surface area contributed by atoms with Crippen LogP contribution in [0.25, 0.3) is 0 Å². The van der Waals surface area contributed by atoms with Crippen LogP contribution in [-0.2, 0) is 6.42 Å². The molecule has 0 amide bonds. The van der Waals surface area contributed by atoms with Crippen LogP contribution < -0.4 is 5.32 Å². The molecule has 1 aromatic rings. The molecule has 0 aromatic heterocycles. The van der Waals surface area contributed by atoms with E-state index in [1.165, 1.54) is 24.2 Å². The molecular formula is C14H21NS. The SMILES string of the molecule is CNCCC(C)CC1Cc2ccccc2S1. The van der Waals surface area contributed by atoms with Gasteiger partial charge in [0.05, 0.1) is 0 Å². The minimum Gasteiger partial charge on any atom is -0.320 e. The maximum Gasteiger partial charge on any atom is 0.0138 e. The minimum absolute atomic E-state index is 0.809. The standard InChI is InChI=1S/C14H21NS/c1-11(7-8-15-2)9-13-10-12-5-3-4-6-14(12)16-13/h3-6,11,13,15H,7-10H2,1-2H3. The summed E-state index contributed by atoms with van der Waals surface area (Å²) in [5.41, 5.74) is 1.55. The van der Waals surface area contributed by atoms with Crippen molar-refractivity contribution in [2.45, 2.75) is 36.3 Å². The fourth-order valence-corrected chi connectivity index (χ4v) is 3.85. The van der Waals surface area contributed by atoms with Crippen LogP contribution in [-0.4, -0.2) is 18.8 Å². The van der Waals surface area contributed by atoms with Crippen LogP contribution in [0.4, 0.5) is 0 Å². The molecule has 2 atom stereocenters. The van der Waals surface area contributed by atoms with Gasteiger partial charge in [0.25, 0.3) is 0 Å². The Morgan fingerprint density at radius 2 is 2.25 bits per heavy atom. The summed E-state index contributed by atoms with van der Waals surface area (Å²) in [5, 5.41) is 4.04. The molecular weight excluding hydrogens is 214 g/mol. The average molecular weight is 235 g/mol. The summed E-state index contributed by atoms with van der Waals surface area (Å²) in [6.45, 7) is 3.52. The first-order valence-electron chi connectivity index (χ1n) is 6.18. The third-order valence-corrected chi connectivity index (χ3v) is 4.61. The molecule has 88 valence electrons. The first-order chi connectivity index (χ1) is 7.79. The molecule has 0 saturated heterocycles. The molecule has 1 N–H and O–H groups in total. The number of thioether (sulfide) groups is 1. The van der Waals surface area contributed by atoms with Gasteiger partial charge in [0.2, 0.25) is 0 Å². The maximum absolute atomic E-state index is 3.23. The number of benzene rings is 1. The van der Waals surface area contributed by atoms with Gasteiger partial charge in [0.15, 0.2) is 0 Å². The van der Waals surface area contributed by atoms with Crippen LogP contribution in [0, 0.1) is 5.92 Å². The van der Waals surface area contributed by atoms with Gasteiger partial charge < -0.3 is 5.32 Å². The van der Waals surface area contributed by atoms with Gasteiger partial charge in [-0.2, -0.15) is 0 Å². The molecule has 1 aliphatic rings. The lowest BCUT2D eigenvalue weighted by atomic mass is 9.98. The van der Waals surface area contributed by atoms with E-state index in [1.54, 1.807) is 5.56 Å². The molecule has 0 spiro atoms. The highest BCUT2D eigenvalue weighted by Crippen LogP contribution is 2.39. The molecule has 2 heteroatoms. The summed E-state index contributed by atoms with van der Waals surface area (Å²) < 4.78 is 0. The molecule has 0 saturated carbocycles. The van der Waals surface area contributed by atoms with E-state index in [-0.39, 0.29) is 0 Å². The Kier molecular flexibility index (Phi) is 4.30. The summed E-state index contributed by atoms with van der Waals surface area (Å²) in [7, 11) is 2.03. The lowest BCUT2D eigenvalue weighted by molar-refractivity contribution is 0.474. The zero-order valence-electron chi connectivity index (χ0n) is 10.2. The molecule has 2 unspecified atom stereocenters. The molecule has 1 aliphatic heterocycles. The van der Waals surface area contributed by atoms with Gasteiger partial charge in [-0.15, -0.1) is 11.8 Å². The van der Waals surface area contributed by atoms with Crippen LogP contribution in [0.15, 0.2) is 29.2 Å². The Bertz CT molecular complexity index is 312. The van der Waals surface area contributed by atoms with Crippen molar-refractivity contribution in [2.75, 3.05) is 13.6 Å². The average Bonchev–Trinajstić information content (AvgIpc) is 2.68. The molecule has 1 aromatic carbocycles. The van der Waals surface area contributed by atoms with Gasteiger partial charge in [-0.25, -0.2) is 0 Å². The van der Waals surface area contributed by atoms with Gasteiger partial charge >= 0.3 is 0 Å². The van der Waals surface area contributed by atoms with Crippen LogP contribution in [0.2, 0.25) is 0 Å². The monoisotopic (exact) mass is 235 g/mol. The highest BCUT2D eigenvalue weighted by molar-refractivity contribution is 8.00. The zero-order chi connectivity index (χ0) is 11.4. The number of hydrogen-bond acceptors (Lipinski definition) is 2. The van der Waals surface area contributed by atoms with Gasteiger partial charge in [-0.05, 0) is 50.4 Å². The summed E-state index contributed by atoms with van der Waals surface area (Å²) >= 11 is 2.08. The Hall–Kier alpha value is -0.470. The first-order valence-corrected chi connectivity index (χ1v) is 7.06. The van der Waals surface area contributed by atoms with Crippen LogP contribution >= 0.6 is 11.8 Å². The molecule has 0 aliphatic carbocycles. The molecule has 1 nitrogen and oxygen atoms in total. The Morgan fingerprint density at radius 3 is 3.00 bits per heavy atom. The zero-order valence-corrected chi connectivity index (χ0v) is 11.0. The number of nitrogens with one attached hydrogen (secondary N) is 1. The van der Waals surface area contributed by atoms with E-state index in [9.17, 15) is 0 Å². The fourth-order valence-electron chi connectivity index (χ4n) is 2.34.